The summed E-state index contributed by atoms with van der Waals surface area (Å²) in [5.74, 6) is 1.13. The molecule has 0 aromatic heterocycles. The lowest BCUT2D eigenvalue weighted by atomic mass is 10.0. The Bertz CT molecular complexity index is 537. The number of halogens is 2. The number of piperidine rings is 1. The summed E-state index contributed by atoms with van der Waals surface area (Å²) in [4.78, 5) is 6.71. The molecule has 0 radical (unpaired) electrons. The van der Waals surface area contributed by atoms with Crippen LogP contribution in [-0.4, -0.2) is 50.3 Å². The summed E-state index contributed by atoms with van der Waals surface area (Å²) in [5.41, 5.74) is 0.985. The number of ether oxygens (including phenoxy) is 1. The predicted octanol–water partition coefficient (Wildman–Crippen LogP) is 4.17. The maximum absolute atomic E-state index is 6.30. The van der Waals surface area contributed by atoms with Crippen LogP contribution in [0.3, 0.4) is 0 Å². The normalized spacial score (nSPS) is 17.9. The van der Waals surface area contributed by atoms with Gasteiger partial charge in [0.05, 0.1) is 6.10 Å². The summed E-state index contributed by atoms with van der Waals surface area (Å²) >= 11 is 12.6. The summed E-state index contributed by atoms with van der Waals surface area (Å²) < 4.78 is 5.71. The van der Waals surface area contributed by atoms with Crippen molar-refractivity contribution in [1.82, 2.24) is 10.2 Å². The zero-order valence-corrected chi connectivity index (χ0v) is 16.2. The molecule has 6 heteroatoms. The lowest BCUT2D eigenvalue weighted by molar-refractivity contribution is 0.0264. The first kappa shape index (κ1) is 19.4. The van der Waals surface area contributed by atoms with Gasteiger partial charge in [0.1, 0.15) is 0 Å². The zero-order valence-electron chi connectivity index (χ0n) is 14.7. The molecule has 0 spiro atoms. The van der Waals surface area contributed by atoms with E-state index in [1.165, 1.54) is 0 Å². The molecule has 1 saturated heterocycles. The second kappa shape index (κ2) is 9.50. The van der Waals surface area contributed by atoms with E-state index in [9.17, 15) is 0 Å². The van der Waals surface area contributed by atoms with Crippen LogP contribution in [0.25, 0.3) is 0 Å². The van der Waals surface area contributed by atoms with Gasteiger partial charge >= 0.3 is 0 Å². The number of hydrogen-bond donors (Lipinski definition) is 1. The first-order valence-electron chi connectivity index (χ1n) is 8.57. The minimum atomic E-state index is 0.198. The van der Waals surface area contributed by atoms with Gasteiger partial charge in [-0.15, -0.1) is 0 Å². The molecule has 1 heterocycles. The molecule has 0 aliphatic carbocycles. The Morgan fingerprint density at radius 1 is 1.33 bits per heavy atom. The lowest BCUT2D eigenvalue weighted by Crippen LogP contribution is -2.47. The topological polar surface area (TPSA) is 36.9 Å². The standard InChI is InChI=1S/C18H27Cl2N3O/c1-4-24-14-8-10-23(11-9-14)18(21-3)22-12-13(2)17-15(19)6-5-7-16(17)20/h5-7,13-14H,4,8-12H2,1-3H3,(H,21,22). The average molecular weight is 372 g/mol. The van der Waals surface area contributed by atoms with Crippen molar-refractivity contribution in [3.05, 3.63) is 33.8 Å². The number of benzene rings is 1. The highest BCUT2D eigenvalue weighted by Crippen LogP contribution is 2.31. The molecule has 0 bridgehead atoms. The Balaban J connectivity index is 1.90. The van der Waals surface area contributed by atoms with Crippen molar-refractivity contribution in [2.24, 2.45) is 4.99 Å². The number of likely N-dealkylation sites (tertiary alicyclic amines) is 1. The van der Waals surface area contributed by atoms with Crippen LogP contribution < -0.4 is 5.32 Å². The van der Waals surface area contributed by atoms with Crippen molar-refractivity contribution in [1.29, 1.82) is 0 Å². The number of hydrogen-bond acceptors (Lipinski definition) is 2. The van der Waals surface area contributed by atoms with Gasteiger partial charge in [-0.1, -0.05) is 36.2 Å². The maximum atomic E-state index is 6.30. The molecule has 0 amide bonds. The molecule has 134 valence electrons. The van der Waals surface area contributed by atoms with Crippen molar-refractivity contribution in [2.75, 3.05) is 33.3 Å². The maximum Gasteiger partial charge on any atom is 0.193 e. The molecule has 1 aromatic carbocycles. The van der Waals surface area contributed by atoms with E-state index in [0.29, 0.717) is 16.1 Å². The summed E-state index contributed by atoms with van der Waals surface area (Å²) in [5, 5.41) is 4.88. The third-order valence-corrected chi connectivity index (χ3v) is 5.07. The summed E-state index contributed by atoms with van der Waals surface area (Å²) in [6.07, 6.45) is 2.46. The summed E-state index contributed by atoms with van der Waals surface area (Å²) in [6.45, 7) is 7.62. The van der Waals surface area contributed by atoms with Crippen molar-refractivity contribution < 1.29 is 4.74 Å². The second-order valence-electron chi connectivity index (χ2n) is 6.11. The average Bonchev–Trinajstić information content (AvgIpc) is 2.57. The van der Waals surface area contributed by atoms with E-state index in [-0.39, 0.29) is 5.92 Å². The van der Waals surface area contributed by atoms with Gasteiger partial charge in [0.2, 0.25) is 0 Å². The van der Waals surface area contributed by atoms with E-state index in [0.717, 1.165) is 50.6 Å². The van der Waals surface area contributed by atoms with E-state index in [2.05, 4.69) is 22.1 Å². The van der Waals surface area contributed by atoms with E-state index in [1.54, 1.807) is 0 Å². The third kappa shape index (κ3) is 5.01. The number of nitrogens with zero attached hydrogens (tertiary/aromatic N) is 2. The molecule has 1 aromatic rings. The minimum Gasteiger partial charge on any atom is -0.378 e. The van der Waals surface area contributed by atoms with Gasteiger partial charge in [0.25, 0.3) is 0 Å². The minimum absolute atomic E-state index is 0.198. The molecule has 0 saturated carbocycles. The first-order valence-corrected chi connectivity index (χ1v) is 9.33. The number of nitrogens with one attached hydrogen (secondary N) is 1. The van der Waals surface area contributed by atoms with Crippen LogP contribution in [0.4, 0.5) is 0 Å². The highest BCUT2D eigenvalue weighted by molar-refractivity contribution is 6.36. The first-order chi connectivity index (χ1) is 11.6. The van der Waals surface area contributed by atoms with E-state index in [4.69, 9.17) is 27.9 Å². The molecule has 24 heavy (non-hydrogen) atoms. The highest BCUT2D eigenvalue weighted by Gasteiger charge is 2.22. The molecule has 1 atom stereocenters. The number of aliphatic imine (C=N–C) groups is 1. The molecule has 1 aliphatic rings. The van der Waals surface area contributed by atoms with Gasteiger partial charge in [0.15, 0.2) is 5.96 Å². The molecule has 4 nitrogen and oxygen atoms in total. The van der Waals surface area contributed by atoms with Gasteiger partial charge in [-0.25, -0.2) is 0 Å². The van der Waals surface area contributed by atoms with Gasteiger partial charge in [-0.3, -0.25) is 4.99 Å². The third-order valence-electron chi connectivity index (χ3n) is 4.41. The van der Waals surface area contributed by atoms with Crippen molar-refractivity contribution >= 4 is 29.2 Å². The fourth-order valence-electron chi connectivity index (χ4n) is 3.13. The van der Waals surface area contributed by atoms with Crippen LogP contribution in [0.2, 0.25) is 10.0 Å². The van der Waals surface area contributed by atoms with Crippen LogP contribution in [0.15, 0.2) is 23.2 Å². The Kier molecular flexibility index (Phi) is 7.66. The number of guanidine groups is 1. The van der Waals surface area contributed by atoms with Crippen LogP contribution in [0.1, 0.15) is 38.2 Å². The smallest absolute Gasteiger partial charge is 0.193 e. The molecule has 1 unspecified atom stereocenters. The molecule has 1 fully saturated rings. The second-order valence-corrected chi connectivity index (χ2v) is 6.92. The van der Waals surface area contributed by atoms with Crippen molar-refractivity contribution in [2.45, 2.75) is 38.7 Å². The van der Waals surface area contributed by atoms with Gasteiger partial charge in [-0.2, -0.15) is 0 Å². The fraction of sp³-hybridized carbons (Fsp3) is 0.611. The highest BCUT2D eigenvalue weighted by atomic mass is 35.5. The summed E-state index contributed by atoms with van der Waals surface area (Å²) in [6, 6.07) is 5.63. The SMILES string of the molecule is CCOC1CCN(C(=NC)NCC(C)c2c(Cl)cccc2Cl)CC1. The molecular formula is C18H27Cl2N3O. The van der Waals surface area contributed by atoms with Crippen LogP contribution in [-0.2, 0) is 4.74 Å². The quantitative estimate of drug-likeness (QED) is 0.623. The van der Waals surface area contributed by atoms with Gasteiger partial charge in [0, 0.05) is 49.3 Å². The Morgan fingerprint density at radius 3 is 2.50 bits per heavy atom. The summed E-state index contributed by atoms with van der Waals surface area (Å²) in [7, 11) is 1.82. The Labute approximate surface area is 155 Å². The van der Waals surface area contributed by atoms with Crippen LogP contribution in [0, 0.1) is 0 Å². The lowest BCUT2D eigenvalue weighted by Gasteiger charge is -2.34. The van der Waals surface area contributed by atoms with E-state index >= 15 is 0 Å². The predicted molar refractivity (Wildman–Crippen MR) is 102 cm³/mol. The van der Waals surface area contributed by atoms with Crippen molar-refractivity contribution in [3.8, 4) is 0 Å². The molecule has 1 aliphatic heterocycles. The van der Waals surface area contributed by atoms with Crippen LogP contribution >= 0.6 is 23.2 Å². The van der Waals surface area contributed by atoms with Gasteiger partial charge < -0.3 is 15.0 Å². The van der Waals surface area contributed by atoms with Gasteiger partial charge in [-0.05, 0) is 37.5 Å². The molecular weight excluding hydrogens is 345 g/mol. The Morgan fingerprint density at radius 2 is 1.96 bits per heavy atom. The van der Waals surface area contributed by atoms with Crippen LogP contribution in [0.5, 0.6) is 0 Å². The van der Waals surface area contributed by atoms with E-state index in [1.807, 2.05) is 32.2 Å². The Hall–Kier alpha value is -0.970. The largest absolute Gasteiger partial charge is 0.378 e. The number of rotatable bonds is 5. The molecule has 1 N–H and O–H groups in total. The molecule has 2 rings (SSSR count). The fourth-order valence-corrected chi connectivity index (χ4v) is 3.90. The monoisotopic (exact) mass is 371 g/mol. The van der Waals surface area contributed by atoms with Crippen molar-refractivity contribution in [3.63, 3.8) is 0 Å². The zero-order chi connectivity index (χ0) is 17.5. The van der Waals surface area contributed by atoms with E-state index < -0.39 is 0 Å².